The summed E-state index contributed by atoms with van der Waals surface area (Å²) in [7, 11) is 1.47. The molecule has 27 heavy (non-hydrogen) atoms. The average Bonchev–Trinajstić information content (AvgIpc) is 2.62. The number of ether oxygens (including phenoxy) is 1. The molecule has 0 bridgehead atoms. The molecule has 0 spiro atoms. The van der Waals surface area contributed by atoms with Gasteiger partial charge in [-0.3, -0.25) is 9.59 Å². The number of aryl methyl sites for hydroxylation is 1. The van der Waals surface area contributed by atoms with Crippen molar-refractivity contribution in [3.63, 3.8) is 0 Å². The van der Waals surface area contributed by atoms with Gasteiger partial charge in [0, 0.05) is 11.1 Å². The Morgan fingerprint density at radius 3 is 2.44 bits per heavy atom. The zero-order valence-electron chi connectivity index (χ0n) is 15.6. The van der Waals surface area contributed by atoms with E-state index in [2.05, 4.69) is 10.6 Å². The van der Waals surface area contributed by atoms with Crippen molar-refractivity contribution in [2.75, 3.05) is 12.4 Å². The molecule has 0 radical (unpaired) electrons. The molecule has 0 saturated heterocycles. The van der Waals surface area contributed by atoms with Gasteiger partial charge in [-0.15, -0.1) is 0 Å². The van der Waals surface area contributed by atoms with Crippen molar-refractivity contribution in [2.24, 2.45) is 5.92 Å². The number of halogens is 2. The lowest BCUT2D eigenvalue weighted by Crippen LogP contribution is -2.47. The molecule has 2 N–H and O–H groups in total. The Balaban J connectivity index is 2.22. The minimum absolute atomic E-state index is 0.115. The van der Waals surface area contributed by atoms with Gasteiger partial charge in [-0.2, -0.15) is 0 Å². The minimum Gasteiger partial charge on any atom is -0.495 e. The summed E-state index contributed by atoms with van der Waals surface area (Å²) in [6.07, 6.45) is 0. The van der Waals surface area contributed by atoms with E-state index in [1.807, 2.05) is 0 Å². The third-order valence-electron chi connectivity index (χ3n) is 4.09. The van der Waals surface area contributed by atoms with Crippen LogP contribution in [0.3, 0.4) is 0 Å². The molecule has 2 rings (SSSR count). The van der Waals surface area contributed by atoms with E-state index < -0.39 is 23.7 Å². The first kappa shape index (κ1) is 20.7. The number of benzene rings is 2. The second-order valence-electron chi connectivity index (χ2n) is 6.47. The number of methoxy groups -OCH3 is 1. The van der Waals surface area contributed by atoms with E-state index in [4.69, 9.17) is 16.3 Å². The second-order valence-corrected chi connectivity index (χ2v) is 6.87. The lowest BCUT2D eigenvalue weighted by atomic mass is 10.0. The molecule has 2 amide bonds. The first-order valence-corrected chi connectivity index (χ1v) is 8.82. The third-order valence-corrected chi connectivity index (χ3v) is 4.50. The van der Waals surface area contributed by atoms with Crippen LogP contribution in [-0.4, -0.2) is 25.0 Å². The number of nitrogens with one attached hydrogen (secondary N) is 2. The van der Waals surface area contributed by atoms with E-state index in [9.17, 15) is 14.0 Å². The Morgan fingerprint density at radius 1 is 1.19 bits per heavy atom. The smallest absolute Gasteiger partial charge is 0.254 e. The quantitative estimate of drug-likeness (QED) is 0.774. The van der Waals surface area contributed by atoms with Crippen molar-refractivity contribution < 1.29 is 18.7 Å². The van der Waals surface area contributed by atoms with Crippen LogP contribution in [0.15, 0.2) is 36.4 Å². The molecule has 2 aromatic rings. The number of hydrogen-bond donors (Lipinski definition) is 2. The standard InChI is InChI=1S/C20H22ClFN2O3/c1-11(2)18(24-19(25)13-7-5-6-8-15(13)22)20(26)23-16-9-12(3)14(21)10-17(16)27-4/h5-11,18H,1-4H3,(H,23,26)(H,24,25). The number of carbonyl (C=O) groups excluding carboxylic acids is 2. The highest BCUT2D eigenvalue weighted by Gasteiger charge is 2.26. The monoisotopic (exact) mass is 392 g/mol. The molecule has 0 aromatic heterocycles. The molecular weight excluding hydrogens is 371 g/mol. The van der Waals surface area contributed by atoms with Gasteiger partial charge in [-0.05, 0) is 36.6 Å². The Hall–Kier alpha value is -2.60. The highest BCUT2D eigenvalue weighted by molar-refractivity contribution is 6.31. The summed E-state index contributed by atoms with van der Waals surface area (Å²) in [6, 6.07) is 8.05. The molecule has 144 valence electrons. The Kier molecular flexibility index (Phi) is 6.80. The van der Waals surface area contributed by atoms with E-state index in [0.717, 1.165) is 5.56 Å². The summed E-state index contributed by atoms with van der Waals surface area (Å²) in [5.74, 6) is -1.55. The lowest BCUT2D eigenvalue weighted by molar-refractivity contribution is -0.118. The number of anilines is 1. The summed E-state index contributed by atoms with van der Waals surface area (Å²) < 4.78 is 19.1. The zero-order chi connectivity index (χ0) is 20.1. The van der Waals surface area contributed by atoms with Crippen molar-refractivity contribution in [1.29, 1.82) is 0 Å². The Morgan fingerprint density at radius 2 is 1.85 bits per heavy atom. The topological polar surface area (TPSA) is 67.4 Å². The molecule has 0 aliphatic carbocycles. The van der Waals surface area contributed by atoms with Crippen LogP contribution in [-0.2, 0) is 4.79 Å². The molecule has 0 fully saturated rings. The van der Waals surface area contributed by atoms with Crippen molar-refractivity contribution in [1.82, 2.24) is 5.32 Å². The van der Waals surface area contributed by atoms with Crippen LogP contribution in [0.2, 0.25) is 5.02 Å². The van der Waals surface area contributed by atoms with Gasteiger partial charge in [-0.25, -0.2) is 4.39 Å². The van der Waals surface area contributed by atoms with Crippen LogP contribution in [0, 0.1) is 18.7 Å². The van der Waals surface area contributed by atoms with Crippen molar-refractivity contribution in [3.8, 4) is 5.75 Å². The molecule has 5 nitrogen and oxygen atoms in total. The lowest BCUT2D eigenvalue weighted by Gasteiger charge is -2.22. The molecule has 7 heteroatoms. The Labute approximate surface area is 162 Å². The van der Waals surface area contributed by atoms with Crippen LogP contribution in [0.4, 0.5) is 10.1 Å². The van der Waals surface area contributed by atoms with E-state index in [0.29, 0.717) is 16.5 Å². The van der Waals surface area contributed by atoms with Gasteiger partial charge in [0.25, 0.3) is 5.91 Å². The number of hydrogen-bond acceptors (Lipinski definition) is 3. The maximum atomic E-state index is 13.8. The summed E-state index contributed by atoms with van der Waals surface area (Å²) in [4.78, 5) is 25.1. The number of amides is 2. The average molecular weight is 393 g/mol. The molecule has 0 saturated carbocycles. The minimum atomic E-state index is -0.863. The Bertz CT molecular complexity index is 855. The third kappa shape index (κ3) is 4.98. The summed E-state index contributed by atoms with van der Waals surface area (Å²) in [5, 5.41) is 5.86. The summed E-state index contributed by atoms with van der Waals surface area (Å²) in [5.41, 5.74) is 1.09. The van der Waals surface area contributed by atoms with E-state index in [1.54, 1.807) is 39.0 Å². The largest absolute Gasteiger partial charge is 0.495 e. The predicted molar refractivity (Wildman–Crippen MR) is 104 cm³/mol. The first-order chi connectivity index (χ1) is 12.7. The fourth-order valence-corrected chi connectivity index (χ4v) is 2.69. The van der Waals surface area contributed by atoms with E-state index in [-0.39, 0.29) is 11.5 Å². The van der Waals surface area contributed by atoms with Crippen LogP contribution in [0.25, 0.3) is 0 Å². The van der Waals surface area contributed by atoms with Crippen LogP contribution in [0.5, 0.6) is 5.75 Å². The fourth-order valence-electron chi connectivity index (χ4n) is 2.54. The van der Waals surface area contributed by atoms with Crippen LogP contribution < -0.4 is 15.4 Å². The molecule has 0 aliphatic heterocycles. The van der Waals surface area contributed by atoms with Crippen LogP contribution in [0.1, 0.15) is 29.8 Å². The SMILES string of the molecule is COc1cc(Cl)c(C)cc1NC(=O)C(NC(=O)c1ccccc1F)C(C)C. The van der Waals surface area contributed by atoms with E-state index in [1.165, 1.54) is 25.3 Å². The van der Waals surface area contributed by atoms with Gasteiger partial charge in [-0.1, -0.05) is 37.6 Å². The molecule has 2 aromatic carbocycles. The normalized spacial score (nSPS) is 11.8. The molecule has 0 aliphatic rings. The van der Waals surface area contributed by atoms with Gasteiger partial charge in [0.15, 0.2) is 0 Å². The highest BCUT2D eigenvalue weighted by atomic mass is 35.5. The maximum Gasteiger partial charge on any atom is 0.254 e. The molecule has 1 unspecified atom stereocenters. The zero-order valence-corrected chi connectivity index (χ0v) is 16.4. The molecular formula is C20H22ClFN2O3. The summed E-state index contributed by atoms with van der Waals surface area (Å²) >= 11 is 6.08. The molecule has 1 atom stereocenters. The fraction of sp³-hybridized carbons (Fsp3) is 0.300. The van der Waals surface area contributed by atoms with E-state index >= 15 is 0 Å². The van der Waals surface area contributed by atoms with Gasteiger partial charge < -0.3 is 15.4 Å². The van der Waals surface area contributed by atoms with Gasteiger partial charge in [0.05, 0.1) is 18.4 Å². The summed E-state index contributed by atoms with van der Waals surface area (Å²) in [6.45, 7) is 5.38. The maximum absolute atomic E-state index is 13.8. The van der Waals surface area contributed by atoms with Crippen molar-refractivity contribution >= 4 is 29.1 Å². The van der Waals surface area contributed by atoms with Crippen LogP contribution >= 0.6 is 11.6 Å². The van der Waals surface area contributed by atoms with Crippen molar-refractivity contribution in [2.45, 2.75) is 26.8 Å². The van der Waals surface area contributed by atoms with Gasteiger partial charge >= 0.3 is 0 Å². The van der Waals surface area contributed by atoms with Gasteiger partial charge in [0.2, 0.25) is 5.91 Å². The second kappa shape index (κ2) is 8.86. The first-order valence-electron chi connectivity index (χ1n) is 8.45. The number of carbonyl (C=O) groups is 2. The molecule has 0 heterocycles. The van der Waals surface area contributed by atoms with Crippen molar-refractivity contribution in [3.05, 3.63) is 58.4 Å². The predicted octanol–water partition coefficient (Wildman–Crippen LogP) is 4.19. The number of rotatable bonds is 6. The highest BCUT2D eigenvalue weighted by Crippen LogP contribution is 2.31. The van der Waals surface area contributed by atoms with Gasteiger partial charge in [0.1, 0.15) is 17.6 Å².